The minimum atomic E-state index is -3.48. The fraction of sp³-hybridized carbons (Fsp3) is 0.316. The van der Waals surface area contributed by atoms with Gasteiger partial charge in [0.25, 0.3) is 0 Å². The molecule has 0 aliphatic rings. The Labute approximate surface area is 154 Å². The van der Waals surface area contributed by atoms with Gasteiger partial charge in [0.2, 0.25) is 0 Å². The van der Waals surface area contributed by atoms with Crippen molar-refractivity contribution in [2.24, 2.45) is 0 Å². The first-order valence-corrected chi connectivity index (χ1v) is 10.2. The summed E-state index contributed by atoms with van der Waals surface area (Å²) in [6.07, 6.45) is -0.180. The Balaban J connectivity index is 2.04. The molecule has 2 atom stereocenters. The van der Waals surface area contributed by atoms with Crippen LogP contribution in [0.25, 0.3) is 0 Å². The first kappa shape index (κ1) is 20.2. The van der Waals surface area contributed by atoms with Crippen molar-refractivity contribution in [1.29, 1.82) is 0 Å². The minimum Gasteiger partial charge on any atom is -0.465 e. The highest BCUT2D eigenvalue weighted by Gasteiger charge is 2.30. The number of hydrogen-bond acceptors (Lipinski definition) is 5. The first-order valence-electron chi connectivity index (χ1n) is 8.42. The van der Waals surface area contributed by atoms with Gasteiger partial charge < -0.3 is 14.0 Å². The summed E-state index contributed by atoms with van der Waals surface area (Å²) in [5.74, 6) is -0.0600. The Morgan fingerprint density at radius 3 is 2.31 bits per heavy atom. The van der Waals surface area contributed by atoms with Crippen molar-refractivity contribution in [1.82, 2.24) is 5.09 Å². The monoisotopic (exact) mass is 377 g/mol. The van der Waals surface area contributed by atoms with Gasteiger partial charge >= 0.3 is 13.5 Å². The summed E-state index contributed by atoms with van der Waals surface area (Å²) in [6, 6.07) is 17.5. The number of para-hydroxylation sites is 1. The molecule has 6 nitrogen and oxygen atoms in total. The van der Waals surface area contributed by atoms with Crippen molar-refractivity contribution in [2.45, 2.75) is 26.5 Å². The Bertz CT molecular complexity index is 723. The summed E-state index contributed by atoms with van der Waals surface area (Å²) in [5, 5.41) is 2.75. The second kappa shape index (κ2) is 10.1. The van der Waals surface area contributed by atoms with Crippen LogP contribution in [0.2, 0.25) is 0 Å². The van der Waals surface area contributed by atoms with E-state index in [4.69, 9.17) is 14.0 Å². The average Bonchev–Trinajstić information content (AvgIpc) is 2.63. The van der Waals surface area contributed by atoms with Gasteiger partial charge in [-0.15, -0.1) is 0 Å². The molecule has 2 aromatic carbocycles. The van der Waals surface area contributed by atoms with E-state index in [1.807, 2.05) is 36.4 Å². The van der Waals surface area contributed by atoms with Crippen LogP contribution in [0.4, 0.5) is 0 Å². The van der Waals surface area contributed by atoms with Gasteiger partial charge in [-0.05, 0) is 31.5 Å². The second-order valence-corrected chi connectivity index (χ2v) is 7.69. The van der Waals surface area contributed by atoms with E-state index >= 15 is 0 Å². The molecule has 0 bridgehead atoms. The Kier molecular flexibility index (Phi) is 7.85. The molecule has 140 valence electrons. The molecule has 0 aromatic heterocycles. The van der Waals surface area contributed by atoms with Crippen LogP contribution in [0.15, 0.2) is 60.7 Å². The van der Waals surface area contributed by atoms with E-state index in [0.717, 1.165) is 5.56 Å². The van der Waals surface area contributed by atoms with Crippen LogP contribution in [-0.4, -0.2) is 25.0 Å². The van der Waals surface area contributed by atoms with E-state index in [-0.39, 0.29) is 13.0 Å². The molecule has 7 heteroatoms. The smallest absolute Gasteiger partial charge is 0.342 e. The Morgan fingerprint density at radius 2 is 1.69 bits per heavy atom. The molecule has 2 aromatic rings. The number of ether oxygens (including phenoxy) is 2. The van der Waals surface area contributed by atoms with Crippen LogP contribution < -0.4 is 9.61 Å². The van der Waals surface area contributed by atoms with Gasteiger partial charge in [-0.1, -0.05) is 48.5 Å². The fourth-order valence-electron chi connectivity index (χ4n) is 2.21. The zero-order chi connectivity index (χ0) is 18.8. The third-order valence-corrected chi connectivity index (χ3v) is 5.21. The molecular weight excluding hydrogens is 353 g/mol. The largest absolute Gasteiger partial charge is 0.465 e. The lowest BCUT2D eigenvalue weighted by molar-refractivity contribution is -0.144. The molecule has 26 heavy (non-hydrogen) atoms. The van der Waals surface area contributed by atoms with E-state index in [2.05, 4.69) is 5.09 Å². The van der Waals surface area contributed by atoms with Crippen molar-refractivity contribution in [3.05, 3.63) is 66.2 Å². The van der Waals surface area contributed by atoms with E-state index in [1.165, 1.54) is 0 Å². The number of hydrogen-bond donors (Lipinski definition) is 1. The van der Waals surface area contributed by atoms with Gasteiger partial charge in [0, 0.05) is 0 Å². The zero-order valence-electron chi connectivity index (χ0n) is 15.0. The van der Waals surface area contributed by atoms with E-state index in [1.54, 1.807) is 38.1 Å². The predicted octanol–water partition coefficient (Wildman–Crippen LogP) is 3.97. The molecule has 0 unspecified atom stereocenters. The molecule has 0 saturated heterocycles. The lowest BCUT2D eigenvalue weighted by atomic mass is 10.2. The molecular formula is C19H24NO5P. The highest BCUT2D eigenvalue weighted by molar-refractivity contribution is 7.57. The normalized spacial score (nSPS) is 14.2. The standard InChI is InChI=1S/C19H24NO5P/c1-3-24-19(21)16(2)20-26(22,25-18-12-8-5-9-13-18)15-23-14-17-10-6-4-7-11-17/h4-13,16H,3,14-15H2,1-2H3,(H,20,22)/t16-,26-/m0/s1. The lowest BCUT2D eigenvalue weighted by Crippen LogP contribution is -2.35. The van der Waals surface area contributed by atoms with Crippen molar-refractivity contribution in [3.63, 3.8) is 0 Å². The number of rotatable bonds is 10. The molecule has 0 heterocycles. The molecule has 0 aliphatic heterocycles. The quantitative estimate of drug-likeness (QED) is 0.499. The molecule has 0 radical (unpaired) electrons. The summed E-state index contributed by atoms with van der Waals surface area (Å²) >= 11 is 0. The number of esters is 1. The first-order chi connectivity index (χ1) is 12.5. The van der Waals surface area contributed by atoms with Gasteiger partial charge in [-0.25, -0.2) is 5.09 Å². The topological polar surface area (TPSA) is 73.9 Å². The van der Waals surface area contributed by atoms with Crippen molar-refractivity contribution >= 4 is 13.5 Å². The van der Waals surface area contributed by atoms with E-state index in [9.17, 15) is 9.36 Å². The third-order valence-electron chi connectivity index (χ3n) is 3.40. The second-order valence-electron chi connectivity index (χ2n) is 5.64. The van der Waals surface area contributed by atoms with Gasteiger partial charge in [0.05, 0.1) is 13.2 Å². The molecule has 0 fully saturated rings. The SMILES string of the molecule is CCOC(=O)[C@H](C)N[P@](=O)(COCc1ccccc1)Oc1ccccc1. The van der Waals surface area contributed by atoms with Crippen molar-refractivity contribution in [3.8, 4) is 5.75 Å². The van der Waals surface area contributed by atoms with E-state index < -0.39 is 19.5 Å². The van der Waals surface area contributed by atoms with Crippen molar-refractivity contribution < 1.29 is 23.4 Å². The zero-order valence-corrected chi connectivity index (χ0v) is 15.9. The van der Waals surface area contributed by atoms with Gasteiger partial charge in [-0.2, -0.15) is 0 Å². The minimum absolute atomic E-state index is 0.180. The summed E-state index contributed by atoms with van der Waals surface area (Å²) in [5.41, 5.74) is 0.956. The van der Waals surface area contributed by atoms with Crippen LogP contribution in [0.3, 0.4) is 0 Å². The maximum atomic E-state index is 13.2. The maximum Gasteiger partial charge on any atom is 0.342 e. The summed E-state index contributed by atoms with van der Waals surface area (Å²) in [7, 11) is -3.48. The molecule has 0 amide bonds. The molecule has 0 aliphatic carbocycles. The van der Waals surface area contributed by atoms with Crippen LogP contribution >= 0.6 is 7.52 Å². The summed E-state index contributed by atoms with van der Waals surface area (Å²) in [6.45, 7) is 3.83. The van der Waals surface area contributed by atoms with Gasteiger partial charge in [0.1, 0.15) is 18.1 Å². The molecule has 1 N–H and O–H groups in total. The number of carbonyl (C=O) groups excluding carboxylic acids is 1. The highest BCUT2D eigenvalue weighted by Crippen LogP contribution is 2.43. The third kappa shape index (κ3) is 6.64. The van der Waals surface area contributed by atoms with E-state index in [0.29, 0.717) is 12.4 Å². The van der Waals surface area contributed by atoms with Crippen LogP contribution in [0.1, 0.15) is 19.4 Å². The van der Waals surface area contributed by atoms with Gasteiger partial charge in [0.15, 0.2) is 0 Å². The number of nitrogens with one attached hydrogen (secondary N) is 1. The lowest BCUT2D eigenvalue weighted by Gasteiger charge is -2.23. The average molecular weight is 377 g/mol. The predicted molar refractivity (Wildman–Crippen MR) is 100 cm³/mol. The number of benzene rings is 2. The Hall–Kier alpha value is -2.14. The van der Waals surface area contributed by atoms with Crippen molar-refractivity contribution in [2.75, 3.05) is 13.0 Å². The molecule has 0 spiro atoms. The van der Waals surface area contributed by atoms with Crippen LogP contribution in [-0.2, 0) is 25.4 Å². The maximum absolute atomic E-state index is 13.2. The molecule has 0 saturated carbocycles. The molecule has 2 rings (SSSR count). The Morgan fingerprint density at radius 1 is 1.08 bits per heavy atom. The van der Waals surface area contributed by atoms with Crippen LogP contribution in [0.5, 0.6) is 5.75 Å². The highest BCUT2D eigenvalue weighted by atomic mass is 31.2. The van der Waals surface area contributed by atoms with Crippen LogP contribution in [0, 0.1) is 0 Å². The summed E-state index contributed by atoms with van der Waals surface area (Å²) in [4.78, 5) is 11.9. The summed E-state index contributed by atoms with van der Waals surface area (Å²) < 4.78 is 29.4. The number of carbonyl (C=O) groups is 1. The fourth-order valence-corrected chi connectivity index (χ4v) is 3.88. The van der Waals surface area contributed by atoms with Gasteiger partial charge in [-0.3, -0.25) is 9.36 Å².